The second kappa shape index (κ2) is 7.55. The Kier molecular flexibility index (Phi) is 5.69. The van der Waals surface area contributed by atoms with Crippen LogP contribution in [0.3, 0.4) is 0 Å². The first-order chi connectivity index (χ1) is 11.4. The highest BCUT2D eigenvalue weighted by Crippen LogP contribution is 2.18. The van der Waals surface area contributed by atoms with Crippen LogP contribution in [-0.4, -0.2) is 31.8 Å². The fourth-order valence-corrected chi connectivity index (χ4v) is 3.60. The van der Waals surface area contributed by atoms with Gasteiger partial charge in [0.1, 0.15) is 11.6 Å². The molecular formula is C17H18FNO4S. The summed E-state index contributed by atoms with van der Waals surface area (Å²) in [6.07, 6.45) is 0. The van der Waals surface area contributed by atoms with Gasteiger partial charge in [0.2, 0.25) is 10.0 Å². The van der Waals surface area contributed by atoms with Crippen LogP contribution in [0.15, 0.2) is 53.4 Å². The van der Waals surface area contributed by atoms with E-state index in [4.69, 9.17) is 4.74 Å². The molecule has 0 heterocycles. The van der Waals surface area contributed by atoms with Crippen LogP contribution in [0.5, 0.6) is 5.75 Å². The minimum atomic E-state index is -3.57. The van der Waals surface area contributed by atoms with Crippen molar-refractivity contribution >= 4 is 16.0 Å². The van der Waals surface area contributed by atoms with E-state index in [1.807, 2.05) is 0 Å². The van der Waals surface area contributed by atoms with Gasteiger partial charge < -0.3 is 4.74 Å². The van der Waals surface area contributed by atoms with E-state index in [1.54, 1.807) is 13.8 Å². The molecule has 0 radical (unpaired) electrons. The molecule has 0 atom stereocenters. The van der Waals surface area contributed by atoms with Crippen molar-refractivity contribution < 1.29 is 22.3 Å². The summed E-state index contributed by atoms with van der Waals surface area (Å²) in [6, 6.07) is 10.6. The molecule has 0 fully saturated rings. The quantitative estimate of drug-likeness (QED) is 0.593. The number of sulfonamides is 1. The smallest absolute Gasteiger partial charge is 0.343 e. The molecule has 0 aliphatic carbocycles. The lowest BCUT2D eigenvalue weighted by Gasteiger charge is -2.18. The van der Waals surface area contributed by atoms with E-state index in [0.717, 1.165) is 0 Å². The molecule has 0 saturated heterocycles. The zero-order valence-electron chi connectivity index (χ0n) is 13.4. The molecule has 2 aromatic rings. The standard InChI is InChI=1S/C17H18FNO4S/c1-3-19(4-2)24(21,22)16-11-5-13(6-12-16)17(20)23-15-9-7-14(18)8-10-15/h5-12H,3-4H2,1-2H3. The molecular weight excluding hydrogens is 333 g/mol. The topological polar surface area (TPSA) is 63.7 Å². The molecule has 0 aliphatic heterocycles. The van der Waals surface area contributed by atoms with Gasteiger partial charge in [-0.25, -0.2) is 17.6 Å². The van der Waals surface area contributed by atoms with Crippen molar-refractivity contribution in [1.82, 2.24) is 4.31 Å². The van der Waals surface area contributed by atoms with Gasteiger partial charge in [0.25, 0.3) is 0 Å². The van der Waals surface area contributed by atoms with Crippen molar-refractivity contribution in [2.75, 3.05) is 13.1 Å². The summed E-state index contributed by atoms with van der Waals surface area (Å²) in [7, 11) is -3.57. The number of hydrogen-bond acceptors (Lipinski definition) is 4. The minimum Gasteiger partial charge on any atom is -0.423 e. The molecule has 2 aromatic carbocycles. The maximum Gasteiger partial charge on any atom is 0.343 e. The summed E-state index contributed by atoms with van der Waals surface area (Å²) in [6.45, 7) is 4.26. The van der Waals surface area contributed by atoms with Crippen LogP contribution < -0.4 is 4.74 Å². The zero-order valence-corrected chi connectivity index (χ0v) is 14.2. The van der Waals surface area contributed by atoms with Crippen molar-refractivity contribution in [2.45, 2.75) is 18.7 Å². The third kappa shape index (κ3) is 3.98. The Labute approximate surface area is 140 Å². The predicted octanol–water partition coefficient (Wildman–Crippen LogP) is 3.08. The van der Waals surface area contributed by atoms with Gasteiger partial charge in [0.15, 0.2) is 0 Å². The van der Waals surface area contributed by atoms with Crippen molar-refractivity contribution in [3.63, 3.8) is 0 Å². The number of esters is 1. The van der Waals surface area contributed by atoms with Gasteiger partial charge in [-0.05, 0) is 48.5 Å². The maximum absolute atomic E-state index is 12.8. The van der Waals surface area contributed by atoms with Gasteiger partial charge in [-0.1, -0.05) is 13.8 Å². The van der Waals surface area contributed by atoms with E-state index in [2.05, 4.69) is 0 Å². The number of rotatable bonds is 6. The van der Waals surface area contributed by atoms with Gasteiger partial charge in [-0.2, -0.15) is 4.31 Å². The third-order valence-electron chi connectivity index (χ3n) is 3.46. The Balaban J connectivity index is 2.16. The minimum absolute atomic E-state index is 0.115. The van der Waals surface area contributed by atoms with Crippen molar-refractivity contribution in [3.8, 4) is 5.75 Å². The summed E-state index contributed by atoms with van der Waals surface area (Å²) >= 11 is 0. The van der Waals surface area contributed by atoms with Crippen LogP contribution >= 0.6 is 0 Å². The number of benzene rings is 2. The fraction of sp³-hybridized carbons (Fsp3) is 0.235. The van der Waals surface area contributed by atoms with Crippen LogP contribution in [0.4, 0.5) is 4.39 Å². The highest BCUT2D eigenvalue weighted by Gasteiger charge is 2.21. The SMILES string of the molecule is CCN(CC)S(=O)(=O)c1ccc(C(=O)Oc2ccc(F)cc2)cc1. The fourth-order valence-electron chi connectivity index (χ4n) is 2.14. The van der Waals surface area contributed by atoms with Gasteiger partial charge in [0, 0.05) is 13.1 Å². The largest absolute Gasteiger partial charge is 0.423 e. The highest BCUT2D eigenvalue weighted by molar-refractivity contribution is 7.89. The molecule has 2 rings (SSSR count). The molecule has 0 N–H and O–H groups in total. The first-order valence-corrected chi connectivity index (χ1v) is 8.90. The van der Waals surface area contributed by atoms with E-state index in [9.17, 15) is 17.6 Å². The number of carbonyl (C=O) groups excluding carboxylic acids is 1. The normalized spacial score (nSPS) is 11.5. The molecule has 24 heavy (non-hydrogen) atoms. The van der Waals surface area contributed by atoms with Crippen molar-refractivity contribution in [1.29, 1.82) is 0 Å². The average molecular weight is 351 g/mol. The third-order valence-corrected chi connectivity index (χ3v) is 5.52. The summed E-state index contributed by atoms with van der Waals surface area (Å²) in [4.78, 5) is 12.1. The maximum atomic E-state index is 12.8. The average Bonchev–Trinajstić information content (AvgIpc) is 2.58. The lowest BCUT2D eigenvalue weighted by molar-refractivity contribution is 0.0734. The Morgan fingerprint density at radius 1 is 1.00 bits per heavy atom. The van der Waals surface area contributed by atoms with Crippen LogP contribution in [0, 0.1) is 5.82 Å². The second-order valence-corrected chi connectivity index (χ2v) is 6.90. The Hall–Kier alpha value is -2.25. The van der Waals surface area contributed by atoms with E-state index in [1.165, 1.54) is 52.8 Å². The van der Waals surface area contributed by atoms with Crippen LogP contribution in [0.25, 0.3) is 0 Å². The van der Waals surface area contributed by atoms with Gasteiger partial charge in [0.05, 0.1) is 10.5 Å². The molecule has 7 heteroatoms. The number of nitrogens with zero attached hydrogens (tertiary/aromatic N) is 1. The van der Waals surface area contributed by atoms with Crippen molar-refractivity contribution in [3.05, 3.63) is 59.9 Å². The summed E-state index contributed by atoms with van der Waals surface area (Å²) in [5, 5.41) is 0. The van der Waals surface area contributed by atoms with Crippen LogP contribution in [-0.2, 0) is 10.0 Å². The molecule has 0 bridgehead atoms. The molecule has 128 valence electrons. The summed E-state index contributed by atoms with van der Waals surface area (Å²) in [5.41, 5.74) is 0.206. The molecule has 0 saturated carbocycles. The van der Waals surface area contributed by atoms with E-state index in [-0.39, 0.29) is 16.2 Å². The predicted molar refractivity (Wildman–Crippen MR) is 87.9 cm³/mol. The zero-order chi connectivity index (χ0) is 17.7. The van der Waals surface area contributed by atoms with E-state index in [0.29, 0.717) is 13.1 Å². The Bertz CT molecular complexity index is 797. The van der Waals surface area contributed by atoms with Crippen LogP contribution in [0.1, 0.15) is 24.2 Å². The molecule has 0 amide bonds. The van der Waals surface area contributed by atoms with Gasteiger partial charge in [-0.15, -0.1) is 0 Å². The Morgan fingerprint density at radius 2 is 1.54 bits per heavy atom. The first-order valence-electron chi connectivity index (χ1n) is 7.46. The molecule has 0 unspecified atom stereocenters. The number of halogens is 1. The van der Waals surface area contributed by atoms with E-state index >= 15 is 0 Å². The number of ether oxygens (including phenoxy) is 1. The van der Waals surface area contributed by atoms with Gasteiger partial charge in [-0.3, -0.25) is 0 Å². The number of carbonyl (C=O) groups is 1. The highest BCUT2D eigenvalue weighted by atomic mass is 32.2. The Morgan fingerprint density at radius 3 is 2.04 bits per heavy atom. The monoisotopic (exact) mass is 351 g/mol. The summed E-state index contributed by atoms with van der Waals surface area (Å²) < 4.78 is 44.0. The van der Waals surface area contributed by atoms with Crippen LogP contribution in [0.2, 0.25) is 0 Å². The lowest BCUT2D eigenvalue weighted by atomic mass is 10.2. The molecule has 0 aliphatic rings. The number of hydrogen-bond donors (Lipinski definition) is 0. The van der Waals surface area contributed by atoms with Crippen molar-refractivity contribution in [2.24, 2.45) is 0 Å². The first kappa shape index (κ1) is 18.1. The summed E-state index contributed by atoms with van der Waals surface area (Å²) in [5.74, 6) is -0.865. The van der Waals surface area contributed by atoms with Gasteiger partial charge >= 0.3 is 5.97 Å². The second-order valence-electron chi connectivity index (χ2n) is 4.96. The molecule has 0 spiro atoms. The molecule has 5 nitrogen and oxygen atoms in total. The molecule has 0 aromatic heterocycles. The lowest BCUT2D eigenvalue weighted by Crippen LogP contribution is -2.30. The van der Waals surface area contributed by atoms with E-state index < -0.39 is 21.8 Å².